The quantitative estimate of drug-likeness (QED) is 0.868. The predicted octanol–water partition coefficient (Wildman–Crippen LogP) is 2.60. The number of aromatic nitrogens is 1. The molecule has 0 aliphatic heterocycles. The summed E-state index contributed by atoms with van der Waals surface area (Å²) in [6.45, 7) is 4.01. The highest BCUT2D eigenvalue weighted by atomic mass is 32.1. The van der Waals surface area contributed by atoms with Crippen LogP contribution in [-0.2, 0) is 6.42 Å². The highest BCUT2D eigenvalue weighted by Crippen LogP contribution is 2.25. The van der Waals surface area contributed by atoms with Crippen molar-refractivity contribution in [1.82, 2.24) is 4.98 Å². The molecule has 0 saturated carbocycles. The van der Waals surface area contributed by atoms with Crippen LogP contribution in [0.1, 0.15) is 27.2 Å². The first kappa shape index (κ1) is 10.4. The molecule has 0 aliphatic carbocycles. The lowest BCUT2D eigenvalue weighted by atomic mass is 10.1. The molecule has 0 aliphatic rings. The fraction of sp³-hybridized carbons (Fsp3) is 0.364. The zero-order valence-corrected chi connectivity index (χ0v) is 9.67. The minimum absolute atomic E-state index is 0.0220. The Morgan fingerprint density at radius 1 is 1.53 bits per heavy atom. The molecule has 4 heteroatoms. The molecule has 1 unspecified atom stereocenters. The molecule has 0 aromatic carbocycles. The van der Waals surface area contributed by atoms with Gasteiger partial charge >= 0.3 is 0 Å². The van der Waals surface area contributed by atoms with Gasteiger partial charge in [0.15, 0.2) is 0 Å². The highest BCUT2D eigenvalue weighted by molar-refractivity contribution is 7.11. The third-order valence-corrected chi connectivity index (χ3v) is 3.52. The molecular formula is C11H14N2OS. The Morgan fingerprint density at radius 2 is 2.33 bits per heavy atom. The van der Waals surface area contributed by atoms with Crippen molar-refractivity contribution in [2.24, 2.45) is 5.73 Å². The Balaban J connectivity index is 2.14. The number of nitrogens with two attached hydrogens (primary N) is 1. The van der Waals surface area contributed by atoms with Gasteiger partial charge in [0, 0.05) is 10.9 Å². The molecule has 0 fully saturated rings. The number of rotatable bonds is 3. The van der Waals surface area contributed by atoms with Crippen molar-refractivity contribution in [3.05, 3.63) is 39.7 Å². The molecule has 0 saturated heterocycles. The van der Waals surface area contributed by atoms with Crippen molar-refractivity contribution in [2.75, 3.05) is 0 Å². The second-order valence-electron chi connectivity index (χ2n) is 3.62. The smallest absolute Gasteiger partial charge is 0.0935 e. The van der Waals surface area contributed by atoms with Crippen molar-refractivity contribution in [1.29, 1.82) is 0 Å². The molecule has 1 atom stereocenters. The van der Waals surface area contributed by atoms with Gasteiger partial charge in [-0.05, 0) is 31.9 Å². The van der Waals surface area contributed by atoms with Gasteiger partial charge in [-0.2, -0.15) is 0 Å². The molecule has 0 spiro atoms. The van der Waals surface area contributed by atoms with Crippen LogP contribution in [0.25, 0.3) is 0 Å². The van der Waals surface area contributed by atoms with Crippen molar-refractivity contribution in [3.8, 4) is 0 Å². The third kappa shape index (κ3) is 2.27. The summed E-state index contributed by atoms with van der Waals surface area (Å²) >= 11 is 1.68. The highest BCUT2D eigenvalue weighted by Gasteiger charge is 2.14. The molecule has 0 bridgehead atoms. The number of thiazole rings is 1. The monoisotopic (exact) mass is 222 g/mol. The largest absolute Gasteiger partial charge is 0.472 e. The maximum Gasteiger partial charge on any atom is 0.0935 e. The zero-order valence-electron chi connectivity index (χ0n) is 8.86. The van der Waals surface area contributed by atoms with E-state index in [1.807, 2.05) is 19.9 Å². The lowest BCUT2D eigenvalue weighted by molar-refractivity contribution is 0.561. The number of nitrogens with zero attached hydrogens (tertiary/aromatic N) is 1. The summed E-state index contributed by atoms with van der Waals surface area (Å²) in [6.07, 6.45) is 4.22. The van der Waals surface area contributed by atoms with E-state index in [1.165, 1.54) is 4.88 Å². The maximum atomic E-state index is 6.13. The number of aryl methyl sites for hydroxylation is 2. The maximum absolute atomic E-state index is 6.13. The number of furan rings is 1. The van der Waals surface area contributed by atoms with Gasteiger partial charge in [0.2, 0.25) is 0 Å². The van der Waals surface area contributed by atoms with Gasteiger partial charge in [-0.3, -0.25) is 0 Å². The van der Waals surface area contributed by atoms with Crippen molar-refractivity contribution >= 4 is 11.3 Å². The van der Waals surface area contributed by atoms with Gasteiger partial charge in [-0.1, -0.05) is 0 Å². The van der Waals surface area contributed by atoms with Gasteiger partial charge in [-0.15, -0.1) is 11.3 Å². The van der Waals surface area contributed by atoms with Crippen molar-refractivity contribution < 1.29 is 4.42 Å². The number of hydrogen-bond acceptors (Lipinski definition) is 4. The van der Waals surface area contributed by atoms with E-state index in [-0.39, 0.29) is 6.04 Å². The first-order chi connectivity index (χ1) is 7.16. The fourth-order valence-corrected chi connectivity index (χ4v) is 2.58. The van der Waals surface area contributed by atoms with Crippen LogP contribution in [0.4, 0.5) is 0 Å². The van der Waals surface area contributed by atoms with Gasteiger partial charge in [0.25, 0.3) is 0 Å². The van der Waals surface area contributed by atoms with Crippen molar-refractivity contribution in [2.45, 2.75) is 26.3 Å². The second-order valence-corrected chi connectivity index (χ2v) is 4.86. The second kappa shape index (κ2) is 4.16. The molecule has 15 heavy (non-hydrogen) atoms. The number of hydrogen-bond donors (Lipinski definition) is 1. The van der Waals surface area contributed by atoms with Gasteiger partial charge in [0.1, 0.15) is 0 Å². The van der Waals surface area contributed by atoms with E-state index in [0.717, 1.165) is 22.7 Å². The minimum Gasteiger partial charge on any atom is -0.472 e. The van der Waals surface area contributed by atoms with Crippen molar-refractivity contribution in [3.63, 3.8) is 0 Å². The molecule has 2 aromatic rings. The lowest BCUT2D eigenvalue weighted by Crippen LogP contribution is -2.12. The average molecular weight is 222 g/mol. The van der Waals surface area contributed by atoms with Crippen LogP contribution in [0.3, 0.4) is 0 Å². The summed E-state index contributed by atoms with van der Waals surface area (Å²) in [4.78, 5) is 5.55. The van der Waals surface area contributed by atoms with E-state index in [1.54, 1.807) is 23.9 Å². The lowest BCUT2D eigenvalue weighted by Gasteiger charge is -2.08. The SMILES string of the molecule is Cc1nc(C)c(C(N)Cc2ccoc2)s1. The first-order valence-corrected chi connectivity index (χ1v) is 5.69. The standard InChI is InChI=1S/C11H14N2OS/c1-7-11(15-8(2)13-7)10(12)5-9-3-4-14-6-9/h3-4,6,10H,5,12H2,1-2H3. The van der Waals surface area contributed by atoms with E-state index in [0.29, 0.717) is 0 Å². The van der Waals surface area contributed by atoms with Crippen LogP contribution < -0.4 is 5.73 Å². The van der Waals surface area contributed by atoms with Crippen LogP contribution in [0.5, 0.6) is 0 Å². The Hall–Kier alpha value is -1.13. The Morgan fingerprint density at radius 3 is 2.87 bits per heavy atom. The van der Waals surface area contributed by atoms with Crippen LogP contribution in [0.2, 0.25) is 0 Å². The van der Waals surface area contributed by atoms with Crippen LogP contribution in [0, 0.1) is 13.8 Å². The first-order valence-electron chi connectivity index (χ1n) is 4.87. The molecule has 3 nitrogen and oxygen atoms in total. The minimum atomic E-state index is 0.0220. The normalized spacial score (nSPS) is 13.0. The summed E-state index contributed by atoms with van der Waals surface area (Å²) < 4.78 is 5.02. The summed E-state index contributed by atoms with van der Waals surface area (Å²) in [5, 5.41) is 1.07. The van der Waals surface area contributed by atoms with E-state index in [2.05, 4.69) is 4.98 Å². The zero-order chi connectivity index (χ0) is 10.8. The van der Waals surface area contributed by atoms with E-state index >= 15 is 0 Å². The summed E-state index contributed by atoms with van der Waals surface area (Å²) in [6, 6.07) is 1.97. The Labute approximate surface area is 92.9 Å². The Kier molecular flexibility index (Phi) is 2.88. The molecule has 80 valence electrons. The summed E-state index contributed by atoms with van der Waals surface area (Å²) in [5.41, 5.74) is 8.31. The summed E-state index contributed by atoms with van der Waals surface area (Å²) in [5.74, 6) is 0. The van der Waals surface area contributed by atoms with E-state index in [4.69, 9.17) is 10.2 Å². The van der Waals surface area contributed by atoms with Gasteiger partial charge < -0.3 is 10.2 Å². The van der Waals surface area contributed by atoms with Gasteiger partial charge in [0.05, 0.1) is 23.2 Å². The molecule has 2 aromatic heterocycles. The topological polar surface area (TPSA) is 52.0 Å². The molecule has 0 radical (unpaired) electrons. The average Bonchev–Trinajstić information content (AvgIpc) is 2.75. The van der Waals surface area contributed by atoms with Crippen LogP contribution in [0.15, 0.2) is 23.0 Å². The van der Waals surface area contributed by atoms with Crippen LogP contribution >= 0.6 is 11.3 Å². The van der Waals surface area contributed by atoms with Gasteiger partial charge in [-0.25, -0.2) is 4.98 Å². The third-order valence-electron chi connectivity index (χ3n) is 2.31. The summed E-state index contributed by atoms with van der Waals surface area (Å²) in [7, 11) is 0. The molecular weight excluding hydrogens is 208 g/mol. The Bertz CT molecular complexity index is 433. The van der Waals surface area contributed by atoms with E-state index < -0.39 is 0 Å². The van der Waals surface area contributed by atoms with E-state index in [9.17, 15) is 0 Å². The molecule has 0 amide bonds. The molecule has 2 rings (SSSR count). The molecule has 2 heterocycles. The fourth-order valence-electron chi connectivity index (χ4n) is 1.65. The van der Waals surface area contributed by atoms with Crippen LogP contribution in [-0.4, -0.2) is 4.98 Å². The predicted molar refractivity (Wildman–Crippen MR) is 60.9 cm³/mol. The molecule has 2 N–H and O–H groups in total.